The molecule has 6 nitrogen and oxygen atoms in total. The Morgan fingerprint density at radius 2 is 1.88 bits per heavy atom. The molecule has 0 saturated heterocycles. The predicted molar refractivity (Wildman–Crippen MR) is 98.8 cm³/mol. The van der Waals surface area contributed by atoms with Gasteiger partial charge in [-0.2, -0.15) is 10.1 Å². The van der Waals surface area contributed by atoms with E-state index in [1.54, 1.807) is 18.3 Å². The van der Waals surface area contributed by atoms with Crippen molar-refractivity contribution in [3.63, 3.8) is 0 Å². The van der Waals surface area contributed by atoms with Crippen molar-refractivity contribution in [2.24, 2.45) is 0 Å². The normalized spacial score (nSPS) is 10.4. The second-order valence-corrected chi connectivity index (χ2v) is 5.87. The van der Waals surface area contributed by atoms with Crippen LogP contribution in [0.4, 0.5) is 23.1 Å². The molecule has 1 aromatic heterocycles. The van der Waals surface area contributed by atoms with E-state index >= 15 is 0 Å². The summed E-state index contributed by atoms with van der Waals surface area (Å²) >= 11 is 0. The van der Waals surface area contributed by atoms with Crippen LogP contribution in [0.3, 0.4) is 0 Å². The highest BCUT2D eigenvalue weighted by molar-refractivity contribution is 5.95. The third-order valence-corrected chi connectivity index (χ3v) is 3.73. The van der Waals surface area contributed by atoms with Crippen LogP contribution in [0.1, 0.15) is 28.4 Å². The van der Waals surface area contributed by atoms with Gasteiger partial charge in [0.1, 0.15) is 0 Å². The van der Waals surface area contributed by atoms with E-state index in [9.17, 15) is 4.79 Å². The minimum atomic E-state index is 0.00737. The Kier molecular flexibility index (Phi) is 4.70. The Bertz CT molecular complexity index is 923. The largest absolute Gasteiger partial charge is 0.339 e. The number of nitrogens with zero attached hydrogens (tertiary/aromatic N) is 3. The maximum absolute atomic E-state index is 11.5. The molecule has 0 radical (unpaired) electrons. The summed E-state index contributed by atoms with van der Waals surface area (Å²) < 4.78 is 0. The second-order valence-electron chi connectivity index (χ2n) is 5.87. The number of ketones is 1. The van der Waals surface area contributed by atoms with E-state index in [-0.39, 0.29) is 5.78 Å². The van der Waals surface area contributed by atoms with Crippen molar-refractivity contribution in [2.75, 3.05) is 10.6 Å². The van der Waals surface area contributed by atoms with Crippen molar-refractivity contribution in [2.45, 2.75) is 20.8 Å². The lowest BCUT2D eigenvalue weighted by atomic mass is 10.1. The molecule has 25 heavy (non-hydrogen) atoms. The molecule has 126 valence electrons. The van der Waals surface area contributed by atoms with Crippen LogP contribution in [0.15, 0.2) is 48.7 Å². The van der Waals surface area contributed by atoms with Gasteiger partial charge in [-0.15, -0.1) is 5.10 Å². The zero-order valence-corrected chi connectivity index (χ0v) is 14.4. The van der Waals surface area contributed by atoms with Gasteiger partial charge in [-0.1, -0.05) is 29.8 Å². The summed E-state index contributed by atoms with van der Waals surface area (Å²) in [4.78, 5) is 15.9. The van der Waals surface area contributed by atoms with Gasteiger partial charge >= 0.3 is 0 Å². The zero-order chi connectivity index (χ0) is 17.8. The summed E-state index contributed by atoms with van der Waals surface area (Å²) in [6, 6.07) is 13.3. The van der Waals surface area contributed by atoms with Gasteiger partial charge in [0.05, 0.1) is 6.20 Å². The van der Waals surface area contributed by atoms with E-state index in [1.165, 1.54) is 12.5 Å². The van der Waals surface area contributed by atoms with Gasteiger partial charge in [0.15, 0.2) is 11.6 Å². The predicted octanol–water partition coefficient (Wildman–Crippen LogP) is 4.18. The summed E-state index contributed by atoms with van der Waals surface area (Å²) in [7, 11) is 0. The van der Waals surface area contributed by atoms with Crippen molar-refractivity contribution >= 4 is 28.9 Å². The smallest absolute Gasteiger partial charge is 0.249 e. The van der Waals surface area contributed by atoms with Crippen molar-refractivity contribution in [1.29, 1.82) is 0 Å². The van der Waals surface area contributed by atoms with E-state index in [4.69, 9.17) is 0 Å². The molecule has 3 aromatic rings. The molecule has 0 amide bonds. The van der Waals surface area contributed by atoms with Crippen LogP contribution in [-0.4, -0.2) is 21.0 Å². The van der Waals surface area contributed by atoms with E-state index in [0.29, 0.717) is 17.3 Å². The van der Waals surface area contributed by atoms with Crippen LogP contribution < -0.4 is 10.6 Å². The molecule has 0 bridgehead atoms. The molecule has 6 heteroatoms. The number of carbonyl (C=O) groups excluding carboxylic acids is 1. The Morgan fingerprint density at radius 1 is 1.04 bits per heavy atom. The number of hydrogen-bond acceptors (Lipinski definition) is 6. The standard InChI is InChI=1S/C19H19N5O/c1-12-7-8-17(13(2)9-12)22-18-11-20-24-19(23-18)21-16-6-4-5-15(10-16)14(3)25/h4-11H,1-3H3,(H2,21,22,23,24). The Morgan fingerprint density at radius 3 is 2.64 bits per heavy atom. The van der Waals surface area contributed by atoms with Crippen molar-refractivity contribution in [1.82, 2.24) is 15.2 Å². The molecule has 3 rings (SSSR count). The average Bonchev–Trinajstić information content (AvgIpc) is 2.58. The number of benzene rings is 2. The molecule has 0 aliphatic heterocycles. The number of anilines is 4. The number of rotatable bonds is 5. The van der Waals surface area contributed by atoms with Gasteiger partial charge in [-0.25, -0.2) is 0 Å². The Labute approximate surface area is 146 Å². The minimum absolute atomic E-state index is 0.00737. The lowest BCUT2D eigenvalue weighted by molar-refractivity contribution is 0.101. The summed E-state index contributed by atoms with van der Waals surface area (Å²) in [5.74, 6) is 0.954. The fourth-order valence-electron chi connectivity index (χ4n) is 2.45. The first-order chi connectivity index (χ1) is 12.0. The maximum Gasteiger partial charge on any atom is 0.249 e. The molecule has 1 heterocycles. The molecular weight excluding hydrogens is 314 g/mol. The van der Waals surface area contributed by atoms with Crippen LogP contribution in [0.5, 0.6) is 0 Å². The van der Waals surface area contributed by atoms with Crippen LogP contribution in [0, 0.1) is 13.8 Å². The summed E-state index contributed by atoms with van der Waals surface area (Å²) in [5, 5.41) is 14.3. The van der Waals surface area contributed by atoms with Crippen LogP contribution in [0.25, 0.3) is 0 Å². The molecule has 0 unspecified atom stereocenters. The Balaban J connectivity index is 1.79. The van der Waals surface area contributed by atoms with Crippen molar-refractivity contribution in [3.05, 3.63) is 65.4 Å². The van der Waals surface area contributed by atoms with Crippen molar-refractivity contribution in [3.8, 4) is 0 Å². The minimum Gasteiger partial charge on any atom is -0.339 e. The fraction of sp³-hybridized carbons (Fsp3) is 0.158. The summed E-state index contributed by atoms with van der Waals surface area (Å²) in [6.45, 7) is 5.63. The highest BCUT2D eigenvalue weighted by Crippen LogP contribution is 2.21. The lowest BCUT2D eigenvalue weighted by Crippen LogP contribution is -2.03. The number of carbonyl (C=O) groups is 1. The van der Waals surface area contributed by atoms with Gasteiger partial charge in [0, 0.05) is 16.9 Å². The molecule has 0 fully saturated rings. The van der Waals surface area contributed by atoms with Gasteiger partial charge < -0.3 is 10.6 Å². The maximum atomic E-state index is 11.5. The second kappa shape index (κ2) is 7.09. The molecule has 0 aliphatic carbocycles. The molecule has 2 aromatic carbocycles. The van der Waals surface area contributed by atoms with Crippen LogP contribution >= 0.6 is 0 Å². The molecule has 2 N–H and O–H groups in total. The number of hydrogen-bond donors (Lipinski definition) is 2. The van der Waals surface area contributed by atoms with E-state index < -0.39 is 0 Å². The number of aryl methyl sites for hydroxylation is 2. The average molecular weight is 333 g/mol. The van der Waals surface area contributed by atoms with Crippen molar-refractivity contribution < 1.29 is 4.79 Å². The highest BCUT2D eigenvalue weighted by Gasteiger charge is 2.05. The van der Waals surface area contributed by atoms with Gasteiger partial charge in [-0.05, 0) is 44.5 Å². The monoisotopic (exact) mass is 333 g/mol. The molecule has 0 aliphatic rings. The first-order valence-corrected chi connectivity index (χ1v) is 7.93. The molecular formula is C19H19N5O. The number of Topliss-reactive ketones (excluding diaryl/α,β-unsaturated/α-hetero) is 1. The third kappa shape index (κ3) is 4.17. The van der Waals surface area contributed by atoms with Gasteiger partial charge in [0.25, 0.3) is 0 Å². The fourth-order valence-corrected chi connectivity index (χ4v) is 2.45. The van der Waals surface area contributed by atoms with Crippen LogP contribution in [-0.2, 0) is 0 Å². The number of nitrogens with one attached hydrogen (secondary N) is 2. The lowest BCUT2D eigenvalue weighted by Gasteiger charge is -2.10. The zero-order valence-electron chi connectivity index (χ0n) is 14.4. The Hall–Kier alpha value is -3.28. The molecule has 0 atom stereocenters. The van der Waals surface area contributed by atoms with E-state index in [2.05, 4.69) is 38.8 Å². The number of aromatic nitrogens is 3. The first kappa shape index (κ1) is 16.6. The SMILES string of the molecule is CC(=O)c1cccc(Nc2nncc(Nc3ccc(C)cc3C)n2)c1. The van der Waals surface area contributed by atoms with E-state index in [0.717, 1.165) is 16.9 Å². The van der Waals surface area contributed by atoms with Gasteiger partial charge in [0.2, 0.25) is 5.95 Å². The third-order valence-electron chi connectivity index (χ3n) is 3.73. The highest BCUT2D eigenvalue weighted by atomic mass is 16.1. The summed E-state index contributed by atoms with van der Waals surface area (Å²) in [5.41, 5.74) is 4.66. The molecule has 0 saturated carbocycles. The topological polar surface area (TPSA) is 79.8 Å². The molecule has 0 spiro atoms. The van der Waals surface area contributed by atoms with Gasteiger partial charge in [-0.3, -0.25) is 4.79 Å². The quantitative estimate of drug-likeness (QED) is 0.682. The van der Waals surface area contributed by atoms with Crippen LogP contribution in [0.2, 0.25) is 0 Å². The first-order valence-electron chi connectivity index (χ1n) is 7.93. The van der Waals surface area contributed by atoms with E-state index in [1.807, 2.05) is 31.2 Å². The summed E-state index contributed by atoms with van der Waals surface area (Å²) in [6.07, 6.45) is 1.57.